The minimum Gasteiger partial charge on any atom is -0.357 e. The Balaban J connectivity index is 0.00000512. The van der Waals surface area contributed by atoms with E-state index in [9.17, 15) is 9.18 Å². The lowest BCUT2D eigenvalue weighted by Crippen LogP contribution is -2.50. The van der Waals surface area contributed by atoms with E-state index in [4.69, 9.17) is 4.99 Å². The van der Waals surface area contributed by atoms with Crippen molar-refractivity contribution in [2.24, 2.45) is 4.99 Å². The van der Waals surface area contributed by atoms with Gasteiger partial charge in [0.25, 0.3) is 0 Å². The van der Waals surface area contributed by atoms with Gasteiger partial charge in [-0.1, -0.05) is 13.0 Å². The lowest BCUT2D eigenvalue weighted by molar-refractivity contribution is -0.122. The summed E-state index contributed by atoms with van der Waals surface area (Å²) in [5.74, 6) is 0.706. The van der Waals surface area contributed by atoms with Crippen LogP contribution in [-0.2, 0) is 17.9 Å². The number of aliphatic imine (C=N–C) groups is 1. The molecule has 1 fully saturated rings. The maximum absolute atomic E-state index is 14.0. The maximum atomic E-state index is 14.0. The number of halogens is 2. The Kier molecular flexibility index (Phi) is 13.7. The quantitative estimate of drug-likeness (QED) is 0.232. The fourth-order valence-electron chi connectivity index (χ4n) is 3.63. The maximum Gasteiger partial charge on any atom is 0.234 e. The summed E-state index contributed by atoms with van der Waals surface area (Å²) in [7, 11) is 3.86. The van der Waals surface area contributed by atoms with E-state index in [0.29, 0.717) is 31.2 Å². The van der Waals surface area contributed by atoms with Gasteiger partial charge in [-0.3, -0.25) is 9.69 Å². The first-order valence-corrected chi connectivity index (χ1v) is 11.4. The zero-order chi connectivity index (χ0) is 22.6. The van der Waals surface area contributed by atoms with Gasteiger partial charge in [0.2, 0.25) is 5.91 Å². The molecule has 0 bridgehead atoms. The first kappa shape index (κ1) is 28.6. The van der Waals surface area contributed by atoms with Crippen LogP contribution in [0.1, 0.15) is 44.2 Å². The van der Waals surface area contributed by atoms with Crippen LogP contribution in [0.3, 0.4) is 0 Å². The number of piperidine rings is 1. The molecular weight excluding hydrogens is 522 g/mol. The van der Waals surface area contributed by atoms with Crippen molar-refractivity contribution in [2.75, 3.05) is 46.8 Å². The molecule has 0 aliphatic carbocycles. The molecule has 0 saturated carbocycles. The topological polar surface area (TPSA) is 72.0 Å². The van der Waals surface area contributed by atoms with Gasteiger partial charge >= 0.3 is 0 Å². The third-order valence-corrected chi connectivity index (χ3v) is 5.23. The Morgan fingerprint density at radius 2 is 1.94 bits per heavy atom. The summed E-state index contributed by atoms with van der Waals surface area (Å²) in [6.07, 6.45) is 2.89. The normalized spacial score (nSPS) is 15.4. The molecule has 1 aliphatic heterocycles. The van der Waals surface area contributed by atoms with Crippen LogP contribution in [0.25, 0.3) is 0 Å². The average Bonchev–Trinajstić information content (AvgIpc) is 2.73. The molecule has 1 aromatic rings. The van der Waals surface area contributed by atoms with E-state index in [2.05, 4.69) is 27.8 Å². The van der Waals surface area contributed by atoms with Gasteiger partial charge in [-0.05, 0) is 58.0 Å². The second-order valence-electron chi connectivity index (χ2n) is 8.40. The molecule has 0 aromatic heterocycles. The number of likely N-dealkylation sites (tertiary alicyclic amines) is 1. The van der Waals surface area contributed by atoms with E-state index in [-0.39, 0.29) is 35.7 Å². The van der Waals surface area contributed by atoms with Crippen molar-refractivity contribution >= 4 is 35.8 Å². The van der Waals surface area contributed by atoms with E-state index < -0.39 is 0 Å². The zero-order valence-electron chi connectivity index (χ0n) is 19.9. The first-order chi connectivity index (χ1) is 14.9. The number of nitrogens with zero attached hydrogens (tertiary/aromatic N) is 3. The molecule has 3 N–H and O–H groups in total. The number of guanidine groups is 1. The highest BCUT2D eigenvalue weighted by Crippen LogP contribution is 2.14. The SMILES string of the molecule is CCCNC(=O)CN1CCC(NC(=NCc2ccc(F)c(CN(C)C)c2)NCC)CC1.I. The summed E-state index contributed by atoms with van der Waals surface area (Å²) in [4.78, 5) is 20.8. The lowest BCUT2D eigenvalue weighted by atomic mass is 10.1. The monoisotopic (exact) mass is 562 g/mol. The predicted octanol–water partition coefficient (Wildman–Crippen LogP) is 2.55. The van der Waals surface area contributed by atoms with Crippen molar-refractivity contribution in [1.82, 2.24) is 25.8 Å². The second-order valence-corrected chi connectivity index (χ2v) is 8.40. The van der Waals surface area contributed by atoms with Gasteiger partial charge < -0.3 is 20.9 Å². The molecule has 1 aromatic carbocycles. The van der Waals surface area contributed by atoms with Crippen LogP contribution in [0.5, 0.6) is 0 Å². The van der Waals surface area contributed by atoms with Crippen molar-refractivity contribution in [3.05, 3.63) is 35.1 Å². The second kappa shape index (κ2) is 15.4. The largest absolute Gasteiger partial charge is 0.357 e. The number of amides is 1. The number of hydrogen-bond acceptors (Lipinski definition) is 4. The molecular formula is C23H40FIN6O. The van der Waals surface area contributed by atoms with Crippen molar-refractivity contribution in [1.29, 1.82) is 0 Å². The van der Waals surface area contributed by atoms with Crippen molar-refractivity contribution in [2.45, 2.75) is 52.2 Å². The van der Waals surface area contributed by atoms with Gasteiger partial charge in [-0.25, -0.2) is 9.38 Å². The Morgan fingerprint density at radius 1 is 1.22 bits per heavy atom. The summed E-state index contributed by atoms with van der Waals surface area (Å²) in [6, 6.07) is 5.54. The first-order valence-electron chi connectivity index (χ1n) is 11.4. The molecule has 7 nitrogen and oxygen atoms in total. The minimum atomic E-state index is -0.179. The molecule has 1 amide bonds. The van der Waals surface area contributed by atoms with Crippen LogP contribution in [0.15, 0.2) is 23.2 Å². The smallest absolute Gasteiger partial charge is 0.234 e. The van der Waals surface area contributed by atoms with E-state index in [1.807, 2.05) is 32.0 Å². The summed E-state index contributed by atoms with van der Waals surface area (Å²) in [5, 5.41) is 9.76. The molecule has 32 heavy (non-hydrogen) atoms. The number of carbonyl (C=O) groups is 1. The number of rotatable bonds is 10. The number of benzene rings is 1. The average molecular weight is 563 g/mol. The predicted molar refractivity (Wildman–Crippen MR) is 140 cm³/mol. The molecule has 182 valence electrons. The molecule has 0 radical (unpaired) electrons. The van der Waals surface area contributed by atoms with E-state index in [1.54, 1.807) is 6.07 Å². The fourth-order valence-corrected chi connectivity index (χ4v) is 3.63. The van der Waals surface area contributed by atoms with Gasteiger partial charge in [-0.2, -0.15) is 0 Å². The third-order valence-electron chi connectivity index (χ3n) is 5.23. The molecule has 0 atom stereocenters. The number of hydrogen-bond donors (Lipinski definition) is 3. The molecule has 1 heterocycles. The highest BCUT2D eigenvalue weighted by molar-refractivity contribution is 14.0. The van der Waals surface area contributed by atoms with Crippen LogP contribution in [0.4, 0.5) is 4.39 Å². The molecule has 1 aliphatic rings. The summed E-state index contributed by atoms with van der Waals surface area (Å²) >= 11 is 0. The molecule has 0 unspecified atom stereocenters. The molecule has 1 saturated heterocycles. The summed E-state index contributed by atoms with van der Waals surface area (Å²) in [5.41, 5.74) is 1.68. The van der Waals surface area contributed by atoms with Gasteiger partial charge in [0.05, 0.1) is 13.1 Å². The van der Waals surface area contributed by atoms with Gasteiger partial charge in [0.15, 0.2) is 5.96 Å². The summed E-state index contributed by atoms with van der Waals surface area (Å²) < 4.78 is 14.0. The van der Waals surface area contributed by atoms with Crippen LogP contribution in [-0.4, -0.2) is 74.5 Å². The van der Waals surface area contributed by atoms with Crippen LogP contribution in [0, 0.1) is 5.82 Å². The minimum absolute atomic E-state index is 0. The van der Waals surface area contributed by atoms with Crippen molar-refractivity contribution in [3.63, 3.8) is 0 Å². The number of carbonyl (C=O) groups excluding carboxylic acids is 1. The Morgan fingerprint density at radius 3 is 2.56 bits per heavy atom. The van der Waals surface area contributed by atoms with Gasteiger partial charge in [0.1, 0.15) is 5.82 Å². The highest BCUT2D eigenvalue weighted by Gasteiger charge is 2.21. The molecule has 9 heteroatoms. The molecule has 2 rings (SSSR count). The molecule has 0 spiro atoms. The van der Waals surface area contributed by atoms with E-state index in [0.717, 1.165) is 57.0 Å². The van der Waals surface area contributed by atoms with Gasteiger partial charge in [0, 0.05) is 44.3 Å². The standard InChI is InChI=1S/C23H39FN6O.HI/c1-5-11-26-22(31)17-30-12-9-20(10-13-30)28-23(25-6-2)27-15-18-7-8-21(24)19(14-18)16-29(3)4;/h7-8,14,20H,5-6,9-13,15-17H2,1-4H3,(H,26,31)(H2,25,27,28);1H. The highest BCUT2D eigenvalue weighted by atomic mass is 127. The fraction of sp³-hybridized carbons (Fsp3) is 0.652. The Hall–Kier alpha value is -1.46. The van der Waals surface area contributed by atoms with Crippen LogP contribution < -0.4 is 16.0 Å². The van der Waals surface area contributed by atoms with E-state index >= 15 is 0 Å². The van der Waals surface area contributed by atoms with Crippen LogP contribution >= 0.6 is 24.0 Å². The van der Waals surface area contributed by atoms with E-state index in [1.165, 1.54) is 6.07 Å². The summed E-state index contributed by atoms with van der Waals surface area (Å²) in [6.45, 7) is 8.93. The van der Waals surface area contributed by atoms with Gasteiger partial charge in [-0.15, -0.1) is 24.0 Å². The Bertz CT molecular complexity index is 722. The number of nitrogens with one attached hydrogen (secondary N) is 3. The lowest BCUT2D eigenvalue weighted by Gasteiger charge is -2.32. The van der Waals surface area contributed by atoms with Crippen LogP contribution in [0.2, 0.25) is 0 Å². The van der Waals surface area contributed by atoms with Crippen molar-refractivity contribution < 1.29 is 9.18 Å². The Labute approximate surface area is 209 Å². The third kappa shape index (κ3) is 10.4. The van der Waals surface area contributed by atoms with Crippen molar-refractivity contribution in [3.8, 4) is 0 Å². The zero-order valence-corrected chi connectivity index (χ0v) is 22.2.